The van der Waals surface area contributed by atoms with E-state index in [9.17, 15) is 14.4 Å². The van der Waals surface area contributed by atoms with Gasteiger partial charge in [-0.2, -0.15) is 0 Å². The molecule has 3 amide bonds. The monoisotopic (exact) mass is 479 g/mol. The van der Waals surface area contributed by atoms with Crippen molar-refractivity contribution in [1.82, 2.24) is 14.9 Å². The summed E-state index contributed by atoms with van der Waals surface area (Å²) in [6, 6.07) is 9.20. The summed E-state index contributed by atoms with van der Waals surface area (Å²) < 4.78 is 0. The lowest BCUT2D eigenvalue weighted by molar-refractivity contribution is 0.0796. The first-order valence-corrected chi connectivity index (χ1v) is 12.2. The number of benzene rings is 1. The van der Waals surface area contributed by atoms with Crippen LogP contribution in [0.4, 0.5) is 5.82 Å². The summed E-state index contributed by atoms with van der Waals surface area (Å²) in [7, 11) is 0. The first-order chi connectivity index (χ1) is 16.1. The first kappa shape index (κ1) is 23.7. The summed E-state index contributed by atoms with van der Waals surface area (Å²) in [5, 5.41) is 4.57. The zero-order valence-electron chi connectivity index (χ0n) is 19.6. The van der Waals surface area contributed by atoms with E-state index < -0.39 is 5.91 Å². The Kier molecular flexibility index (Phi) is 6.56. The smallest absolute Gasteiger partial charge is 0.269 e. The van der Waals surface area contributed by atoms with Crippen molar-refractivity contribution >= 4 is 34.9 Å². The molecule has 0 bridgehead atoms. The van der Waals surface area contributed by atoms with Gasteiger partial charge in [-0.3, -0.25) is 14.4 Å². The number of likely N-dealkylation sites (tertiary alicyclic amines) is 1. The molecule has 0 aliphatic carbocycles. The van der Waals surface area contributed by atoms with Crippen LogP contribution in [0, 0.1) is 0 Å². The quantitative estimate of drug-likeness (QED) is 0.496. The molecule has 9 heteroatoms. The average molecular weight is 480 g/mol. The molecule has 1 aliphatic rings. The molecule has 0 saturated carbocycles. The predicted molar refractivity (Wildman–Crippen MR) is 132 cm³/mol. The van der Waals surface area contributed by atoms with Crippen molar-refractivity contribution in [2.24, 2.45) is 5.73 Å². The van der Waals surface area contributed by atoms with Crippen molar-refractivity contribution in [1.29, 1.82) is 0 Å². The molecule has 3 aromatic rings. The Bertz CT molecular complexity index is 1210. The first-order valence-electron chi connectivity index (χ1n) is 11.3. The third-order valence-electron chi connectivity index (χ3n) is 5.94. The van der Waals surface area contributed by atoms with Crippen molar-refractivity contribution in [2.45, 2.75) is 45.4 Å². The van der Waals surface area contributed by atoms with Crippen LogP contribution in [0.15, 0.2) is 35.7 Å². The second-order valence-electron chi connectivity index (χ2n) is 9.50. The molecule has 0 radical (unpaired) electrons. The van der Waals surface area contributed by atoms with Crippen molar-refractivity contribution in [3.05, 3.63) is 68.8 Å². The summed E-state index contributed by atoms with van der Waals surface area (Å²) in [5.74, 6) is -0.565. The summed E-state index contributed by atoms with van der Waals surface area (Å²) in [4.78, 5) is 47.5. The third kappa shape index (κ3) is 5.04. The molecule has 4 N–H and O–H groups in total. The van der Waals surface area contributed by atoms with Crippen molar-refractivity contribution in [2.75, 3.05) is 18.4 Å². The highest BCUT2D eigenvalue weighted by Crippen LogP contribution is 2.25. The molecule has 3 heterocycles. The minimum atomic E-state index is -0.726. The highest BCUT2D eigenvalue weighted by atomic mass is 32.1. The summed E-state index contributed by atoms with van der Waals surface area (Å²) >= 11 is 1.40. The number of carbonyl (C=O) groups excluding carboxylic acids is 3. The minimum absolute atomic E-state index is 0.0245. The molecular weight excluding hydrogens is 450 g/mol. The summed E-state index contributed by atoms with van der Waals surface area (Å²) in [6.07, 6.45) is 2.36. The zero-order chi connectivity index (χ0) is 24.5. The third-order valence-corrected chi connectivity index (χ3v) is 6.88. The molecule has 0 atom stereocenters. The Hall–Kier alpha value is -3.46. The number of aromatic nitrogens is 2. The SMILES string of the molecule is CC(C)(C)c1ccc(C(=O)Nc2nc(Cc3ccsc3C(=O)N3CCCC3)[nH]c2C(N)=O)cc1. The average Bonchev–Trinajstić information content (AvgIpc) is 3.54. The number of hydrogen-bond acceptors (Lipinski definition) is 5. The zero-order valence-corrected chi connectivity index (χ0v) is 20.4. The number of carbonyl (C=O) groups is 3. The van der Waals surface area contributed by atoms with E-state index in [1.54, 1.807) is 12.1 Å². The van der Waals surface area contributed by atoms with Crippen LogP contribution in [0.5, 0.6) is 0 Å². The van der Waals surface area contributed by atoms with Gasteiger partial charge in [0.05, 0.1) is 4.88 Å². The number of aromatic amines is 1. The fourth-order valence-electron chi connectivity index (χ4n) is 3.98. The van der Waals surface area contributed by atoms with E-state index in [2.05, 4.69) is 36.1 Å². The summed E-state index contributed by atoms with van der Waals surface area (Å²) in [6.45, 7) is 7.85. The lowest BCUT2D eigenvalue weighted by atomic mass is 9.87. The van der Waals surface area contributed by atoms with Gasteiger partial charge in [-0.25, -0.2) is 4.98 Å². The van der Waals surface area contributed by atoms with E-state index in [0.717, 1.165) is 37.1 Å². The highest BCUT2D eigenvalue weighted by molar-refractivity contribution is 7.12. The van der Waals surface area contributed by atoms with Gasteiger partial charge in [-0.1, -0.05) is 32.9 Å². The van der Waals surface area contributed by atoms with Gasteiger partial charge in [-0.15, -0.1) is 11.3 Å². The summed E-state index contributed by atoms with van der Waals surface area (Å²) in [5.41, 5.74) is 7.90. The second-order valence-corrected chi connectivity index (χ2v) is 10.4. The fraction of sp³-hybridized carbons (Fsp3) is 0.360. The van der Waals surface area contributed by atoms with Crippen LogP contribution in [0.25, 0.3) is 0 Å². The Labute approximate surface area is 202 Å². The molecule has 1 aliphatic heterocycles. The van der Waals surface area contributed by atoms with Crippen LogP contribution < -0.4 is 11.1 Å². The van der Waals surface area contributed by atoms with Gasteiger partial charge in [0.15, 0.2) is 5.82 Å². The topological polar surface area (TPSA) is 121 Å². The molecule has 0 unspecified atom stereocenters. The number of nitrogens with zero attached hydrogens (tertiary/aromatic N) is 2. The molecule has 2 aromatic heterocycles. The maximum Gasteiger partial charge on any atom is 0.269 e. The Balaban J connectivity index is 1.53. The fourth-order valence-corrected chi connectivity index (χ4v) is 4.87. The van der Waals surface area contributed by atoms with Gasteiger partial charge in [-0.05, 0) is 53.0 Å². The number of nitrogens with two attached hydrogens (primary N) is 1. The van der Waals surface area contributed by atoms with Crippen molar-refractivity contribution in [3.63, 3.8) is 0 Å². The van der Waals surface area contributed by atoms with Gasteiger partial charge in [0.2, 0.25) is 0 Å². The Morgan fingerprint density at radius 3 is 2.41 bits per heavy atom. The number of H-pyrrole nitrogens is 1. The van der Waals surface area contributed by atoms with E-state index >= 15 is 0 Å². The number of nitrogens with one attached hydrogen (secondary N) is 2. The van der Waals surface area contributed by atoms with E-state index in [0.29, 0.717) is 22.7 Å². The molecule has 1 saturated heterocycles. The van der Waals surface area contributed by atoms with Gasteiger partial charge >= 0.3 is 0 Å². The van der Waals surface area contributed by atoms with Gasteiger partial charge in [0.25, 0.3) is 17.7 Å². The van der Waals surface area contributed by atoms with Gasteiger partial charge in [0, 0.05) is 25.1 Å². The van der Waals surface area contributed by atoms with E-state index in [4.69, 9.17) is 5.73 Å². The number of rotatable bonds is 6. The highest BCUT2D eigenvalue weighted by Gasteiger charge is 2.24. The van der Waals surface area contributed by atoms with E-state index in [-0.39, 0.29) is 28.7 Å². The van der Waals surface area contributed by atoms with Crippen LogP contribution in [0.1, 0.15) is 81.1 Å². The van der Waals surface area contributed by atoms with Crippen LogP contribution in [0.3, 0.4) is 0 Å². The van der Waals surface area contributed by atoms with E-state index in [1.165, 1.54) is 11.3 Å². The molecule has 0 spiro atoms. The number of imidazole rings is 1. The Morgan fingerprint density at radius 2 is 1.79 bits per heavy atom. The van der Waals surface area contributed by atoms with Crippen LogP contribution in [-0.4, -0.2) is 45.7 Å². The van der Waals surface area contributed by atoms with Crippen LogP contribution in [0.2, 0.25) is 0 Å². The molecule has 1 fully saturated rings. The number of anilines is 1. The molecule has 34 heavy (non-hydrogen) atoms. The minimum Gasteiger partial charge on any atom is -0.364 e. The van der Waals surface area contributed by atoms with Gasteiger partial charge in [0.1, 0.15) is 11.5 Å². The normalized spacial score (nSPS) is 13.8. The molecule has 8 nitrogen and oxygen atoms in total. The largest absolute Gasteiger partial charge is 0.364 e. The number of thiophene rings is 1. The number of primary amides is 1. The number of amides is 3. The molecule has 1 aromatic carbocycles. The lowest BCUT2D eigenvalue weighted by Gasteiger charge is -2.19. The molecular formula is C25H29N5O3S. The standard InChI is InChI=1S/C25H29N5O3S/c1-25(2,3)17-8-6-15(7-9-17)23(32)29-22-19(21(26)31)27-18(28-22)14-16-10-13-34-20(16)24(33)30-11-4-5-12-30/h6-10,13H,4-5,11-12,14H2,1-3H3,(H2,26,31)(H,27,28)(H,29,32). The predicted octanol–water partition coefficient (Wildman–Crippen LogP) is 3.95. The van der Waals surface area contributed by atoms with Crippen molar-refractivity contribution in [3.8, 4) is 0 Å². The maximum atomic E-state index is 12.9. The maximum absolute atomic E-state index is 12.9. The molecule has 178 valence electrons. The number of hydrogen-bond donors (Lipinski definition) is 3. The lowest BCUT2D eigenvalue weighted by Crippen LogP contribution is -2.27. The van der Waals surface area contributed by atoms with E-state index in [1.807, 2.05) is 28.5 Å². The second kappa shape index (κ2) is 9.42. The van der Waals surface area contributed by atoms with Crippen molar-refractivity contribution < 1.29 is 14.4 Å². The van der Waals surface area contributed by atoms with Gasteiger partial charge < -0.3 is 20.9 Å². The van der Waals surface area contributed by atoms with Crippen LogP contribution in [-0.2, 0) is 11.8 Å². The molecule has 4 rings (SSSR count). The van der Waals surface area contributed by atoms with Crippen LogP contribution >= 0.6 is 11.3 Å². The Morgan fingerprint density at radius 1 is 1.12 bits per heavy atom.